The first-order valence-electron chi connectivity index (χ1n) is 6.72. The molecule has 2 amide bonds. The van der Waals surface area contributed by atoms with E-state index in [1.807, 2.05) is 4.90 Å². The highest BCUT2D eigenvalue weighted by Crippen LogP contribution is 2.12. The molecule has 2 saturated heterocycles. The van der Waals surface area contributed by atoms with E-state index in [2.05, 4.69) is 10.4 Å². The highest BCUT2D eigenvalue weighted by atomic mass is 16.5. The fourth-order valence-electron chi connectivity index (χ4n) is 2.43. The Morgan fingerprint density at radius 3 is 2.33 bits per heavy atom. The van der Waals surface area contributed by atoms with Crippen LogP contribution in [0.25, 0.3) is 0 Å². The first-order valence-corrected chi connectivity index (χ1v) is 6.72. The minimum atomic E-state index is 0.125. The number of carbonyl (C=O) groups excluding carboxylic acids is 1. The zero-order valence-corrected chi connectivity index (χ0v) is 11.4. The summed E-state index contributed by atoms with van der Waals surface area (Å²) in [4.78, 5) is 15.4. The van der Waals surface area contributed by atoms with Gasteiger partial charge in [0, 0.05) is 46.3 Å². The molecule has 0 spiro atoms. The number of ether oxygens (including phenoxy) is 1. The van der Waals surface area contributed by atoms with Crippen LogP contribution in [-0.4, -0.2) is 80.4 Å². The molecule has 2 aliphatic rings. The molecule has 0 aliphatic carbocycles. The molecule has 0 aromatic carbocycles. The van der Waals surface area contributed by atoms with Gasteiger partial charge < -0.3 is 14.5 Å². The van der Waals surface area contributed by atoms with E-state index < -0.39 is 0 Å². The summed E-state index contributed by atoms with van der Waals surface area (Å²) >= 11 is 0. The molecule has 2 aliphatic heterocycles. The normalized spacial score (nSPS) is 23.1. The van der Waals surface area contributed by atoms with Crippen LogP contribution in [0.2, 0.25) is 0 Å². The lowest BCUT2D eigenvalue weighted by molar-refractivity contribution is -0.00177. The van der Waals surface area contributed by atoms with Gasteiger partial charge in [-0.1, -0.05) is 0 Å². The monoisotopic (exact) mass is 256 g/mol. The highest BCUT2D eigenvalue weighted by Gasteiger charge is 2.25. The summed E-state index contributed by atoms with van der Waals surface area (Å²) in [5.74, 6) is 0. The van der Waals surface area contributed by atoms with Gasteiger partial charge in [-0.2, -0.15) is 0 Å². The Morgan fingerprint density at radius 2 is 1.78 bits per heavy atom. The van der Waals surface area contributed by atoms with E-state index in [-0.39, 0.29) is 6.03 Å². The third-order valence-electron chi connectivity index (χ3n) is 3.52. The molecule has 0 unspecified atom stereocenters. The predicted molar refractivity (Wildman–Crippen MR) is 69.2 cm³/mol. The second kappa shape index (κ2) is 6.36. The highest BCUT2D eigenvalue weighted by molar-refractivity contribution is 5.73. The number of nitrogens with one attached hydrogen (secondary N) is 1. The summed E-state index contributed by atoms with van der Waals surface area (Å²) in [5, 5.41) is 2.25. The molecule has 0 aromatic rings. The molecule has 0 aromatic heterocycles. The molecule has 104 valence electrons. The van der Waals surface area contributed by atoms with Crippen molar-refractivity contribution < 1.29 is 9.53 Å². The van der Waals surface area contributed by atoms with Crippen LogP contribution in [0, 0.1) is 0 Å². The molecule has 0 radical (unpaired) electrons. The SMILES string of the molecule is CN(C)C(=O)N1CCC(NN2CCOCC2)CC1. The van der Waals surface area contributed by atoms with Gasteiger partial charge in [-0.15, -0.1) is 0 Å². The second-order valence-electron chi connectivity index (χ2n) is 5.17. The number of morpholine rings is 1. The predicted octanol–water partition coefficient (Wildman–Crippen LogP) is -0.0308. The van der Waals surface area contributed by atoms with E-state index in [4.69, 9.17) is 4.74 Å². The molecular formula is C12H24N4O2. The summed E-state index contributed by atoms with van der Waals surface area (Å²) in [5.41, 5.74) is 3.55. The van der Waals surface area contributed by atoms with E-state index in [9.17, 15) is 4.79 Å². The number of nitrogens with zero attached hydrogens (tertiary/aromatic N) is 3. The third-order valence-corrected chi connectivity index (χ3v) is 3.52. The first-order chi connectivity index (χ1) is 8.66. The van der Waals surface area contributed by atoms with E-state index >= 15 is 0 Å². The minimum absolute atomic E-state index is 0.125. The topological polar surface area (TPSA) is 48.1 Å². The van der Waals surface area contributed by atoms with Gasteiger partial charge in [0.2, 0.25) is 0 Å². The maximum absolute atomic E-state index is 11.8. The maximum atomic E-state index is 11.8. The number of hydrazine groups is 1. The van der Waals surface area contributed by atoms with Crippen molar-refractivity contribution in [1.82, 2.24) is 20.2 Å². The standard InChI is InChI=1S/C12H24N4O2/c1-14(2)12(17)15-5-3-11(4-6-15)13-16-7-9-18-10-8-16/h11,13H,3-10H2,1-2H3. The largest absolute Gasteiger partial charge is 0.379 e. The van der Waals surface area contributed by atoms with Gasteiger partial charge in [-0.05, 0) is 12.8 Å². The summed E-state index contributed by atoms with van der Waals surface area (Å²) in [6, 6.07) is 0.620. The summed E-state index contributed by atoms with van der Waals surface area (Å²) < 4.78 is 5.32. The summed E-state index contributed by atoms with van der Waals surface area (Å²) in [7, 11) is 3.61. The zero-order valence-electron chi connectivity index (χ0n) is 11.4. The Morgan fingerprint density at radius 1 is 1.17 bits per heavy atom. The van der Waals surface area contributed by atoms with Crippen LogP contribution < -0.4 is 5.43 Å². The van der Waals surface area contributed by atoms with Gasteiger partial charge in [0.15, 0.2) is 0 Å². The quantitative estimate of drug-likeness (QED) is 0.754. The van der Waals surface area contributed by atoms with E-state index in [0.29, 0.717) is 6.04 Å². The lowest BCUT2D eigenvalue weighted by atomic mass is 10.1. The van der Waals surface area contributed by atoms with Crippen molar-refractivity contribution in [3.8, 4) is 0 Å². The van der Waals surface area contributed by atoms with E-state index in [0.717, 1.165) is 52.2 Å². The van der Waals surface area contributed by atoms with Crippen molar-refractivity contribution in [1.29, 1.82) is 0 Å². The molecule has 0 saturated carbocycles. The first kappa shape index (κ1) is 13.6. The lowest BCUT2D eigenvalue weighted by Gasteiger charge is -2.37. The van der Waals surface area contributed by atoms with Gasteiger partial charge in [0.25, 0.3) is 0 Å². The number of carbonyl (C=O) groups is 1. The average molecular weight is 256 g/mol. The summed E-state index contributed by atoms with van der Waals surface area (Å²) in [6.45, 7) is 5.22. The van der Waals surface area contributed by atoms with Crippen molar-refractivity contribution in [3.05, 3.63) is 0 Å². The van der Waals surface area contributed by atoms with Crippen LogP contribution in [0.4, 0.5) is 4.79 Å². The van der Waals surface area contributed by atoms with E-state index in [1.165, 1.54) is 0 Å². The van der Waals surface area contributed by atoms with Crippen molar-refractivity contribution in [3.63, 3.8) is 0 Å². The fraction of sp³-hybridized carbons (Fsp3) is 0.917. The van der Waals surface area contributed by atoms with Crippen molar-refractivity contribution in [2.45, 2.75) is 18.9 Å². The molecule has 2 rings (SSSR count). The lowest BCUT2D eigenvalue weighted by Crippen LogP contribution is -2.54. The van der Waals surface area contributed by atoms with Crippen LogP contribution in [0.1, 0.15) is 12.8 Å². The molecular weight excluding hydrogens is 232 g/mol. The number of likely N-dealkylation sites (tertiary alicyclic amines) is 1. The third kappa shape index (κ3) is 3.57. The van der Waals surface area contributed by atoms with Crippen molar-refractivity contribution >= 4 is 6.03 Å². The number of rotatable bonds is 2. The maximum Gasteiger partial charge on any atom is 0.319 e. The molecule has 2 heterocycles. The number of hydrogen-bond donors (Lipinski definition) is 1. The Balaban J connectivity index is 1.71. The van der Waals surface area contributed by atoms with Crippen molar-refractivity contribution in [2.75, 3.05) is 53.5 Å². The number of piperidine rings is 1. The number of urea groups is 1. The van der Waals surface area contributed by atoms with Gasteiger partial charge in [-0.3, -0.25) is 5.43 Å². The van der Waals surface area contributed by atoms with Gasteiger partial charge >= 0.3 is 6.03 Å². The fourth-order valence-corrected chi connectivity index (χ4v) is 2.43. The van der Waals surface area contributed by atoms with Crippen LogP contribution >= 0.6 is 0 Å². The molecule has 2 fully saturated rings. The van der Waals surface area contributed by atoms with Crippen LogP contribution in [-0.2, 0) is 4.74 Å². The Hall–Kier alpha value is -0.850. The summed E-state index contributed by atoms with van der Waals surface area (Å²) in [6.07, 6.45) is 2.05. The zero-order chi connectivity index (χ0) is 13.0. The van der Waals surface area contributed by atoms with Crippen LogP contribution in [0.15, 0.2) is 0 Å². The average Bonchev–Trinajstić information content (AvgIpc) is 2.40. The molecule has 6 nitrogen and oxygen atoms in total. The minimum Gasteiger partial charge on any atom is -0.379 e. The van der Waals surface area contributed by atoms with Crippen LogP contribution in [0.5, 0.6) is 0 Å². The molecule has 0 bridgehead atoms. The molecule has 6 heteroatoms. The second-order valence-corrected chi connectivity index (χ2v) is 5.17. The molecule has 0 atom stereocenters. The van der Waals surface area contributed by atoms with E-state index in [1.54, 1.807) is 19.0 Å². The number of amides is 2. The molecule has 18 heavy (non-hydrogen) atoms. The Bertz CT molecular complexity index is 271. The number of hydrogen-bond acceptors (Lipinski definition) is 4. The molecule has 1 N–H and O–H groups in total. The van der Waals surface area contributed by atoms with Gasteiger partial charge in [0.05, 0.1) is 13.2 Å². The smallest absolute Gasteiger partial charge is 0.319 e. The Labute approximate surface area is 109 Å². The van der Waals surface area contributed by atoms with Crippen LogP contribution in [0.3, 0.4) is 0 Å². The van der Waals surface area contributed by atoms with Crippen molar-refractivity contribution in [2.24, 2.45) is 0 Å². The van der Waals surface area contributed by atoms with Gasteiger partial charge in [-0.25, -0.2) is 9.80 Å². The van der Waals surface area contributed by atoms with Gasteiger partial charge in [0.1, 0.15) is 0 Å². The Kier molecular flexibility index (Phi) is 4.79.